The zero-order chi connectivity index (χ0) is 25.1. The van der Waals surface area contributed by atoms with Gasteiger partial charge in [0, 0.05) is 23.8 Å². The van der Waals surface area contributed by atoms with E-state index in [0.29, 0.717) is 11.6 Å². The summed E-state index contributed by atoms with van der Waals surface area (Å²) in [7, 11) is 1.33. The van der Waals surface area contributed by atoms with Gasteiger partial charge in [-0.05, 0) is 78.6 Å². The Morgan fingerprint density at radius 1 is 1.14 bits per heavy atom. The molecule has 1 aliphatic rings. The maximum Gasteiger partial charge on any atom is 0.280 e. The average molecular weight is 502 g/mol. The van der Waals surface area contributed by atoms with Gasteiger partial charge in [-0.1, -0.05) is 18.2 Å². The number of carbonyl (C=O) groups excluding carboxylic acids is 1. The smallest absolute Gasteiger partial charge is 0.280 e. The second kappa shape index (κ2) is 10.5. The van der Waals surface area contributed by atoms with Crippen molar-refractivity contribution in [3.05, 3.63) is 87.3 Å². The van der Waals surface area contributed by atoms with Crippen LogP contribution in [-0.4, -0.2) is 39.6 Å². The number of hydroxylamine groups is 1. The lowest BCUT2D eigenvalue weighted by Gasteiger charge is -2.15. The van der Waals surface area contributed by atoms with Crippen LogP contribution in [0.25, 0.3) is 16.7 Å². The lowest BCUT2D eigenvalue weighted by atomic mass is 10.1. The molecule has 4 aromatic rings. The topological polar surface area (TPSA) is 98.1 Å². The van der Waals surface area contributed by atoms with E-state index in [1.807, 2.05) is 30.0 Å². The summed E-state index contributed by atoms with van der Waals surface area (Å²) in [5.41, 5.74) is 7.71. The predicted molar refractivity (Wildman–Crippen MR) is 143 cm³/mol. The fourth-order valence-corrected chi connectivity index (χ4v) is 4.93. The molecular formula is C27H27N5O3S. The molecule has 9 heteroatoms. The standard InChI is InChI=1S/C27H27N5O3S/c1-35-31-26(34)23-16-32(21-11-8-18-4-3-5-19(18)14-21)25-22(24(23)33)15-28-27(30-25)29-20-9-6-17(7-10-20)12-13-36-2/h6-11,14-16H,3-5,12-13H2,1-2H3,(H,31,34)(H,28,29,30). The van der Waals surface area contributed by atoms with Gasteiger partial charge in [0.15, 0.2) is 5.65 Å². The number of benzene rings is 2. The van der Waals surface area contributed by atoms with E-state index in [2.05, 4.69) is 46.3 Å². The highest BCUT2D eigenvalue weighted by molar-refractivity contribution is 7.98. The molecule has 0 radical (unpaired) electrons. The van der Waals surface area contributed by atoms with Gasteiger partial charge in [-0.2, -0.15) is 16.7 Å². The number of carbonyl (C=O) groups is 1. The van der Waals surface area contributed by atoms with Crippen LogP contribution in [-0.2, 0) is 24.1 Å². The van der Waals surface area contributed by atoms with Crippen LogP contribution in [0.5, 0.6) is 0 Å². The molecule has 2 aromatic carbocycles. The molecule has 36 heavy (non-hydrogen) atoms. The normalized spacial score (nSPS) is 12.5. The minimum absolute atomic E-state index is 0.0463. The number of hydrogen-bond donors (Lipinski definition) is 2. The maximum atomic E-state index is 13.2. The zero-order valence-electron chi connectivity index (χ0n) is 20.2. The number of nitrogens with one attached hydrogen (secondary N) is 2. The van der Waals surface area contributed by atoms with Gasteiger partial charge < -0.3 is 9.88 Å². The Morgan fingerprint density at radius 3 is 2.72 bits per heavy atom. The van der Waals surface area contributed by atoms with E-state index >= 15 is 0 Å². The minimum Gasteiger partial charge on any atom is -0.324 e. The molecule has 0 saturated carbocycles. The summed E-state index contributed by atoms with van der Waals surface area (Å²) in [6, 6.07) is 14.4. The number of thioether (sulfide) groups is 1. The molecule has 0 saturated heterocycles. The number of pyridine rings is 1. The van der Waals surface area contributed by atoms with Crippen LogP contribution in [0.4, 0.5) is 11.6 Å². The number of aromatic nitrogens is 3. The Morgan fingerprint density at radius 2 is 1.94 bits per heavy atom. The van der Waals surface area contributed by atoms with E-state index in [0.717, 1.165) is 42.8 Å². The fraction of sp³-hybridized carbons (Fsp3) is 0.259. The number of amides is 1. The quantitative estimate of drug-likeness (QED) is 0.349. The molecule has 5 rings (SSSR count). The van der Waals surface area contributed by atoms with E-state index in [4.69, 9.17) is 9.82 Å². The Kier molecular flexibility index (Phi) is 7.02. The molecule has 1 amide bonds. The molecule has 0 aliphatic heterocycles. The Balaban J connectivity index is 1.58. The van der Waals surface area contributed by atoms with Crippen LogP contribution >= 0.6 is 11.8 Å². The highest BCUT2D eigenvalue weighted by Crippen LogP contribution is 2.26. The second-order valence-electron chi connectivity index (χ2n) is 8.68. The third-order valence-electron chi connectivity index (χ3n) is 6.35. The highest BCUT2D eigenvalue weighted by Gasteiger charge is 2.19. The first-order valence-corrected chi connectivity index (χ1v) is 13.2. The van der Waals surface area contributed by atoms with E-state index < -0.39 is 11.3 Å². The van der Waals surface area contributed by atoms with Crippen molar-refractivity contribution < 1.29 is 9.63 Å². The van der Waals surface area contributed by atoms with Crippen molar-refractivity contribution in [2.45, 2.75) is 25.7 Å². The average Bonchev–Trinajstić information content (AvgIpc) is 3.37. The number of anilines is 2. The zero-order valence-corrected chi connectivity index (χ0v) is 21.0. The first-order chi connectivity index (χ1) is 17.6. The molecule has 0 fully saturated rings. The van der Waals surface area contributed by atoms with Crippen LogP contribution in [0, 0.1) is 0 Å². The van der Waals surface area contributed by atoms with Crippen LogP contribution in [0.3, 0.4) is 0 Å². The Hall–Kier alpha value is -3.69. The van der Waals surface area contributed by atoms with Crippen LogP contribution in [0.2, 0.25) is 0 Å². The Labute approximate surface area is 213 Å². The second-order valence-corrected chi connectivity index (χ2v) is 9.66. The number of hydrogen-bond acceptors (Lipinski definition) is 7. The molecule has 0 unspecified atom stereocenters. The van der Waals surface area contributed by atoms with Crippen molar-refractivity contribution in [2.24, 2.45) is 0 Å². The van der Waals surface area contributed by atoms with Crippen molar-refractivity contribution in [1.29, 1.82) is 0 Å². The molecule has 1 aliphatic carbocycles. The molecule has 0 bridgehead atoms. The predicted octanol–water partition coefficient (Wildman–Crippen LogP) is 4.21. The SMILES string of the molecule is CONC(=O)c1cn(-c2ccc3c(c2)CCC3)c2nc(Nc3ccc(CCSC)cc3)ncc2c1=O. The number of rotatable bonds is 8. The third kappa shape index (κ3) is 4.84. The monoisotopic (exact) mass is 501 g/mol. The van der Waals surface area contributed by atoms with Crippen LogP contribution in [0.15, 0.2) is 59.7 Å². The number of aryl methyl sites for hydroxylation is 3. The largest absolute Gasteiger partial charge is 0.324 e. The maximum absolute atomic E-state index is 13.2. The molecule has 2 N–H and O–H groups in total. The van der Waals surface area contributed by atoms with E-state index in [9.17, 15) is 9.59 Å². The summed E-state index contributed by atoms with van der Waals surface area (Å²) in [5.74, 6) is 0.816. The van der Waals surface area contributed by atoms with Crippen molar-refractivity contribution in [3.8, 4) is 5.69 Å². The summed E-state index contributed by atoms with van der Waals surface area (Å²) in [5, 5.41) is 3.48. The molecule has 0 atom stereocenters. The van der Waals surface area contributed by atoms with Gasteiger partial charge in [-0.25, -0.2) is 10.5 Å². The highest BCUT2D eigenvalue weighted by atomic mass is 32.2. The van der Waals surface area contributed by atoms with Crippen LogP contribution in [0.1, 0.15) is 33.5 Å². The van der Waals surface area contributed by atoms with E-state index in [1.54, 1.807) is 4.57 Å². The van der Waals surface area contributed by atoms with Gasteiger partial charge in [0.05, 0.1) is 12.5 Å². The van der Waals surface area contributed by atoms with Crippen molar-refractivity contribution in [1.82, 2.24) is 20.0 Å². The van der Waals surface area contributed by atoms with Gasteiger partial charge in [-0.15, -0.1) is 0 Å². The Bertz CT molecular complexity index is 1480. The number of fused-ring (bicyclic) bond motifs is 2. The van der Waals surface area contributed by atoms with Crippen LogP contribution < -0.4 is 16.2 Å². The van der Waals surface area contributed by atoms with Gasteiger partial charge >= 0.3 is 0 Å². The molecule has 2 heterocycles. The minimum atomic E-state index is -0.622. The fourth-order valence-electron chi connectivity index (χ4n) is 4.49. The lowest BCUT2D eigenvalue weighted by Crippen LogP contribution is -2.29. The summed E-state index contributed by atoms with van der Waals surface area (Å²) in [6.07, 6.45) is 9.29. The summed E-state index contributed by atoms with van der Waals surface area (Å²) in [6.45, 7) is 0. The third-order valence-corrected chi connectivity index (χ3v) is 6.96. The molecule has 8 nitrogen and oxygen atoms in total. The number of nitrogens with zero attached hydrogens (tertiary/aromatic N) is 3. The lowest BCUT2D eigenvalue weighted by molar-refractivity contribution is 0.0536. The van der Waals surface area contributed by atoms with Crippen molar-refractivity contribution in [3.63, 3.8) is 0 Å². The van der Waals surface area contributed by atoms with Gasteiger partial charge in [-0.3, -0.25) is 14.4 Å². The van der Waals surface area contributed by atoms with E-state index in [-0.39, 0.29) is 10.9 Å². The molecule has 184 valence electrons. The summed E-state index contributed by atoms with van der Waals surface area (Å²) in [4.78, 5) is 39.6. The van der Waals surface area contributed by atoms with Gasteiger partial charge in [0.2, 0.25) is 11.4 Å². The molecule has 2 aromatic heterocycles. The summed E-state index contributed by atoms with van der Waals surface area (Å²) < 4.78 is 1.78. The van der Waals surface area contributed by atoms with Crippen molar-refractivity contribution >= 4 is 40.3 Å². The molecular weight excluding hydrogens is 474 g/mol. The first-order valence-electron chi connectivity index (χ1n) is 11.8. The van der Waals surface area contributed by atoms with E-state index in [1.165, 1.54) is 36.2 Å². The first kappa shape index (κ1) is 24.0. The summed E-state index contributed by atoms with van der Waals surface area (Å²) >= 11 is 1.82. The van der Waals surface area contributed by atoms with Gasteiger partial charge in [0.1, 0.15) is 5.56 Å². The van der Waals surface area contributed by atoms with Crippen molar-refractivity contribution in [2.75, 3.05) is 24.4 Å². The molecule has 0 spiro atoms. The van der Waals surface area contributed by atoms with Gasteiger partial charge in [0.25, 0.3) is 5.91 Å².